The second-order valence-corrected chi connectivity index (χ2v) is 4.89. The lowest BCUT2D eigenvalue weighted by molar-refractivity contribution is 0.174. The van der Waals surface area contributed by atoms with Gasteiger partial charge in [0.2, 0.25) is 6.79 Å². The number of nitrogens with one attached hydrogen (secondary N) is 1. The Kier molecular flexibility index (Phi) is 4.53. The van der Waals surface area contributed by atoms with Crippen LogP contribution in [0.1, 0.15) is 11.4 Å². The quantitative estimate of drug-likeness (QED) is 0.481. The van der Waals surface area contributed by atoms with Crippen LogP contribution < -0.4 is 20.7 Å². The number of hydrogen-bond acceptors (Lipinski definition) is 7. The van der Waals surface area contributed by atoms with Crippen molar-refractivity contribution in [3.63, 3.8) is 0 Å². The zero-order valence-electron chi connectivity index (χ0n) is 10.9. The Balaban J connectivity index is 0.00000161. The minimum Gasteiger partial charge on any atom is -0.454 e. The fourth-order valence-corrected chi connectivity index (χ4v) is 2.06. The van der Waals surface area contributed by atoms with Gasteiger partial charge < -0.3 is 15.3 Å². The number of anilines is 1. The predicted molar refractivity (Wildman–Crippen MR) is 83.6 cm³/mol. The van der Waals surface area contributed by atoms with Crippen molar-refractivity contribution in [2.45, 2.75) is 6.92 Å². The van der Waals surface area contributed by atoms with Crippen LogP contribution in [0.25, 0.3) is 0 Å². The number of nitrogens with zero attached hydrogens (tertiary/aromatic N) is 4. The Morgan fingerprint density at radius 3 is 2.76 bits per heavy atom. The Hall–Kier alpha value is -2.00. The van der Waals surface area contributed by atoms with Crippen LogP contribution in [0.2, 0.25) is 0 Å². The van der Waals surface area contributed by atoms with Crippen LogP contribution in [0, 0.1) is 6.92 Å². The van der Waals surface area contributed by atoms with E-state index in [0.717, 1.165) is 10.0 Å². The van der Waals surface area contributed by atoms with Crippen molar-refractivity contribution in [2.75, 3.05) is 18.1 Å². The maximum absolute atomic E-state index is 5.70. The Labute approximate surface area is 134 Å². The number of hydrogen-bond donors (Lipinski definition) is 2. The van der Waals surface area contributed by atoms with E-state index >= 15 is 0 Å². The molecule has 0 aliphatic carbocycles. The first-order valence-corrected chi connectivity index (χ1v) is 6.50. The molecule has 0 spiro atoms. The smallest absolute Gasteiger partial charge is 0.263 e. The topological polar surface area (TPSA) is 99.6 Å². The summed E-state index contributed by atoms with van der Waals surface area (Å²) < 4.78 is 12.7. The van der Waals surface area contributed by atoms with Gasteiger partial charge in [-0.15, -0.1) is 22.6 Å². The maximum Gasteiger partial charge on any atom is 0.263 e. The summed E-state index contributed by atoms with van der Waals surface area (Å²) in [5.41, 5.74) is 3.55. The lowest BCUT2D eigenvalue weighted by Crippen LogP contribution is -2.13. The highest BCUT2D eigenvalue weighted by Crippen LogP contribution is 2.36. The van der Waals surface area contributed by atoms with Gasteiger partial charge in [-0.3, -0.25) is 0 Å². The number of aromatic nitrogens is 3. The summed E-state index contributed by atoms with van der Waals surface area (Å²) in [6, 6.07) is 3.66. The van der Waals surface area contributed by atoms with Crippen LogP contribution in [-0.4, -0.2) is 27.9 Å². The molecule has 0 fully saturated rings. The van der Waals surface area contributed by atoms with E-state index in [-0.39, 0.29) is 19.2 Å². The molecule has 10 heteroatoms. The molecule has 2 heterocycles. The molecular weight excluding hydrogens is 364 g/mol. The predicted octanol–water partition coefficient (Wildman–Crippen LogP) is 1.66. The normalized spacial score (nSPS) is 12.5. The summed E-state index contributed by atoms with van der Waals surface area (Å²) in [4.78, 5) is 0. The molecule has 1 aromatic carbocycles. The van der Waals surface area contributed by atoms with Crippen molar-refractivity contribution in [2.24, 2.45) is 5.10 Å². The number of rotatable bonds is 3. The molecule has 112 valence electrons. The molecule has 3 N–H and O–H groups in total. The first-order chi connectivity index (χ1) is 9.65. The molecule has 21 heavy (non-hydrogen) atoms. The number of nitrogens with two attached hydrogens (primary N) is 1. The monoisotopic (exact) mass is 374 g/mol. The molecule has 0 atom stereocenters. The number of fused-ring (bicyclic) bond motifs is 1. The molecule has 1 aliphatic rings. The van der Waals surface area contributed by atoms with E-state index in [0.29, 0.717) is 23.3 Å². The molecular formula is C11H12BrClN6O2. The van der Waals surface area contributed by atoms with Gasteiger partial charge in [0.1, 0.15) is 0 Å². The molecule has 8 nitrogen and oxygen atoms in total. The number of hydrazone groups is 1. The van der Waals surface area contributed by atoms with Crippen LogP contribution in [0.3, 0.4) is 0 Å². The Morgan fingerprint density at radius 2 is 2.10 bits per heavy atom. The second kappa shape index (κ2) is 6.19. The van der Waals surface area contributed by atoms with Crippen molar-refractivity contribution in [3.8, 4) is 11.5 Å². The van der Waals surface area contributed by atoms with Crippen LogP contribution in [0.4, 0.5) is 5.95 Å². The van der Waals surface area contributed by atoms with Crippen molar-refractivity contribution < 1.29 is 9.47 Å². The number of halogens is 2. The van der Waals surface area contributed by atoms with E-state index < -0.39 is 0 Å². The lowest BCUT2D eigenvalue weighted by atomic mass is 10.2. The number of aryl methyl sites for hydroxylation is 1. The van der Waals surface area contributed by atoms with E-state index in [9.17, 15) is 0 Å². The molecule has 0 saturated carbocycles. The lowest BCUT2D eigenvalue weighted by Gasteiger charge is -2.02. The minimum absolute atomic E-state index is 0. The standard InChI is InChI=1S/C11H11BrN6O2.ClH/c1-6-15-17-11(18(6)13)16-14-4-7-2-9-10(3-8(7)12)20-5-19-9;/h2-4H,5,13H2,1H3,(H,16,17);1H. The third-order valence-corrected chi connectivity index (χ3v) is 3.41. The largest absolute Gasteiger partial charge is 0.454 e. The summed E-state index contributed by atoms with van der Waals surface area (Å²) in [6.45, 7) is 1.98. The number of ether oxygens (including phenoxy) is 2. The third-order valence-electron chi connectivity index (χ3n) is 2.73. The van der Waals surface area contributed by atoms with E-state index in [4.69, 9.17) is 15.3 Å². The van der Waals surface area contributed by atoms with Gasteiger partial charge >= 0.3 is 0 Å². The zero-order valence-corrected chi connectivity index (χ0v) is 13.3. The van der Waals surface area contributed by atoms with Gasteiger partial charge in [0.25, 0.3) is 5.95 Å². The van der Waals surface area contributed by atoms with Gasteiger partial charge in [-0.1, -0.05) is 0 Å². The SMILES string of the molecule is Cc1nnc(NN=Cc2cc3c(cc2Br)OCO3)n1N.Cl. The average molecular weight is 376 g/mol. The van der Waals surface area contributed by atoms with Gasteiger partial charge in [0, 0.05) is 10.0 Å². The van der Waals surface area contributed by atoms with E-state index in [2.05, 4.69) is 36.7 Å². The highest BCUT2D eigenvalue weighted by molar-refractivity contribution is 9.10. The summed E-state index contributed by atoms with van der Waals surface area (Å²) >= 11 is 3.44. The third kappa shape index (κ3) is 3.03. The maximum atomic E-state index is 5.70. The summed E-state index contributed by atoms with van der Waals surface area (Å²) in [5, 5.41) is 11.7. The molecule has 0 unspecified atom stereocenters. The Morgan fingerprint density at radius 1 is 1.38 bits per heavy atom. The Bertz CT molecular complexity index is 690. The minimum atomic E-state index is 0. The molecule has 3 rings (SSSR count). The molecule has 1 aliphatic heterocycles. The van der Waals surface area contributed by atoms with E-state index in [1.54, 1.807) is 13.1 Å². The summed E-state index contributed by atoms with van der Waals surface area (Å²) in [5.74, 6) is 8.04. The fraction of sp³-hybridized carbons (Fsp3) is 0.182. The first-order valence-electron chi connectivity index (χ1n) is 5.70. The van der Waals surface area contributed by atoms with Gasteiger partial charge in [-0.05, 0) is 35.0 Å². The molecule has 0 amide bonds. The van der Waals surface area contributed by atoms with Gasteiger partial charge in [-0.25, -0.2) is 10.1 Å². The van der Waals surface area contributed by atoms with Gasteiger partial charge in [-0.2, -0.15) is 5.10 Å². The number of nitrogen functional groups attached to an aromatic ring is 1. The average Bonchev–Trinajstić information content (AvgIpc) is 2.99. The van der Waals surface area contributed by atoms with Gasteiger partial charge in [0.05, 0.1) is 6.21 Å². The van der Waals surface area contributed by atoms with Crippen LogP contribution in [0.5, 0.6) is 11.5 Å². The molecule has 0 saturated heterocycles. The van der Waals surface area contributed by atoms with Crippen molar-refractivity contribution in [1.29, 1.82) is 0 Å². The summed E-state index contributed by atoms with van der Waals surface area (Å²) in [7, 11) is 0. The molecule has 0 radical (unpaired) electrons. The molecule has 2 aromatic rings. The zero-order chi connectivity index (χ0) is 14.1. The molecule has 0 bridgehead atoms. The second-order valence-electron chi connectivity index (χ2n) is 4.04. The van der Waals surface area contributed by atoms with Crippen molar-refractivity contribution in [1.82, 2.24) is 14.9 Å². The van der Waals surface area contributed by atoms with Crippen LogP contribution in [0.15, 0.2) is 21.7 Å². The number of benzene rings is 1. The van der Waals surface area contributed by atoms with Crippen molar-refractivity contribution in [3.05, 3.63) is 28.0 Å². The van der Waals surface area contributed by atoms with E-state index in [1.807, 2.05) is 12.1 Å². The van der Waals surface area contributed by atoms with Crippen molar-refractivity contribution >= 4 is 40.5 Å². The molecule has 1 aromatic heterocycles. The van der Waals surface area contributed by atoms with E-state index in [1.165, 1.54) is 4.68 Å². The fourth-order valence-electron chi connectivity index (χ4n) is 1.64. The van der Waals surface area contributed by atoms with Crippen LogP contribution in [-0.2, 0) is 0 Å². The van der Waals surface area contributed by atoms with Gasteiger partial charge in [0.15, 0.2) is 17.3 Å². The van der Waals surface area contributed by atoms with Crippen LogP contribution >= 0.6 is 28.3 Å². The first kappa shape index (κ1) is 15.4. The highest BCUT2D eigenvalue weighted by Gasteiger charge is 2.15. The highest BCUT2D eigenvalue weighted by atomic mass is 79.9. The summed E-state index contributed by atoms with van der Waals surface area (Å²) in [6.07, 6.45) is 1.62.